The van der Waals surface area contributed by atoms with Crippen molar-refractivity contribution in [3.8, 4) is 0 Å². The molecule has 6 atom stereocenters. The third kappa shape index (κ3) is 9.43. The van der Waals surface area contributed by atoms with Crippen molar-refractivity contribution in [1.82, 2.24) is 31.5 Å². The second kappa shape index (κ2) is 17.1. The third-order valence-corrected chi connectivity index (χ3v) is 11.2. The molecule has 1 unspecified atom stereocenters. The van der Waals surface area contributed by atoms with E-state index in [0.29, 0.717) is 51.7 Å². The summed E-state index contributed by atoms with van der Waals surface area (Å²) in [5, 5.41) is 14.0. The van der Waals surface area contributed by atoms with Gasteiger partial charge in [-0.15, -0.1) is 0 Å². The van der Waals surface area contributed by atoms with E-state index in [0.717, 1.165) is 17.5 Å². The highest BCUT2D eigenvalue weighted by Crippen LogP contribution is 2.65. The lowest BCUT2D eigenvalue weighted by Crippen LogP contribution is -2.61. The monoisotopic (exact) mass is 724 g/mol. The number of amides is 6. The maximum Gasteiger partial charge on any atom is 0.407 e. The van der Waals surface area contributed by atoms with Crippen molar-refractivity contribution in [3.63, 3.8) is 0 Å². The summed E-state index contributed by atoms with van der Waals surface area (Å²) < 4.78 is 5.37. The first-order valence-electron chi connectivity index (χ1n) is 19.0. The van der Waals surface area contributed by atoms with E-state index in [9.17, 15) is 28.8 Å². The number of benzene rings is 1. The third-order valence-electron chi connectivity index (χ3n) is 11.2. The number of likely N-dealkylation sites (tertiary alicyclic amines) is 1. The Hall–Kier alpha value is -4.16. The topological polar surface area (TPSA) is 175 Å². The summed E-state index contributed by atoms with van der Waals surface area (Å²) in [4.78, 5) is 82.4. The van der Waals surface area contributed by atoms with Crippen molar-refractivity contribution in [2.75, 3.05) is 26.2 Å². The fourth-order valence-corrected chi connectivity index (χ4v) is 7.82. The summed E-state index contributed by atoms with van der Waals surface area (Å²) in [6.07, 6.45) is 2.94. The Balaban J connectivity index is 1.59. The summed E-state index contributed by atoms with van der Waals surface area (Å²) >= 11 is 0. The average Bonchev–Trinajstić information content (AvgIpc) is 3.44. The van der Waals surface area contributed by atoms with E-state index in [1.807, 2.05) is 58.9 Å². The standard InChI is InChI=1S/C39H60N6O7/c1-9-12-17-27(32(46)34(48)41-18-10-2)42-33(47)31-29-26(39(29,7)8)21-45(31)35(49)30(25-19-23-15-13-14-16-24(23)20-25)44-36(50)43-28(38(4,5)6)22-52-37(51)40-11-3/h13-16,25-31H,9-12,17-22H2,1-8H3,(H,40,51)(H,41,48)(H,42,47)(H2,43,44,50)/t26-,27?,28+,29-,30-,31-/m0/s1. The van der Waals surface area contributed by atoms with Crippen LogP contribution in [-0.2, 0) is 36.8 Å². The number of ketones is 1. The van der Waals surface area contributed by atoms with Crippen molar-refractivity contribution in [2.45, 2.75) is 118 Å². The van der Waals surface area contributed by atoms with Gasteiger partial charge in [-0.05, 0) is 72.3 Å². The molecular weight excluding hydrogens is 664 g/mol. The molecule has 2 fully saturated rings. The van der Waals surface area contributed by atoms with Crippen LogP contribution in [0, 0.1) is 28.6 Å². The second-order valence-corrected chi connectivity index (χ2v) is 16.3. The molecule has 288 valence electrons. The maximum absolute atomic E-state index is 14.8. The van der Waals surface area contributed by atoms with Gasteiger partial charge in [0, 0.05) is 19.6 Å². The Morgan fingerprint density at radius 2 is 1.58 bits per heavy atom. The van der Waals surface area contributed by atoms with Gasteiger partial charge in [0.1, 0.15) is 18.7 Å². The number of nitrogens with one attached hydrogen (secondary N) is 5. The van der Waals surface area contributed by atoms with Gasteiger partial charge in [-0.25, -0.2) is 9.59 Å². The summed E-state index contributed by atoms with van der Waals surface area (Å²) in [6, 6.07) is 3.96. The van der Waals surface area contributed by atoms with E-state index in [1.165, 1.54) is 0 Å². The first kappa shape index (κ1) is 40.6. The van der Waals surface area contributed by atoms with Crippen molar-refractivity contribution in [1.29, 1.82) is 0 Å². The molecule has 0 bridgehead atoms. The zero-order chi connectivity index (χ0) is 38.4. The molecule has 0 spiro atoms. The van der Waals surface area contributed by atoms with E-state index in [-0.39, 0.29) is 35.7 Å². The fraction of sp³-hybridized carbons (Fsp3) is 0.692. The number of alkyl carbamates (subject to hydrolysis) is 1. The van der Waals surface area contributed by atoms with Crippen LogP contribution in [0.1, 0.15) is 92.2 Å². The minimum atomic E-state index is -1.01. The Labute approximate surface area is 308 Å². The number of hydrogen-bond donors (Lipinski definition) is 5. The van der Waals surface area contributed by atoms with E-state index < -0.39 is 59.3 Å². The molecule has 1 aliphatic heterocycles. The van der Waals surface area contributed by atoms with Crippen LogP contribution >= 0.6 is 0 Å². The molecule has 1 aromatic carbocycles. The number of piperidine rings is 1. The van der Waals surface area contributed by atoms with Crippen LogP contribution in [0.5, 0.6) is 0 Å². The van der Waals surface area contributed by atoms with Crippen molar-refractivity contribution in [2.24, 2.45) is 28.6 Å². The van der Waals surface area contributed by atoms with Gasteiger partial charge < -0.3 is 36.2 Å². The molecule has 1 saturated carbocycles. The predicted octanol–water partition coefficient (Wildman–Crippen LogP) is 3.48. The van der Waals surface area contributed by atoms with E-state index in [4.69, 9.17) is 4.74 Å². The Morgan fingerprint density at radius 1 is 0.923 bits per heavy atom. The normalized spacial score (nSPS) is 21.8. The minimum Gasteiger partial charge on any atom is -0.447 e. The zero-order valence-corrected chi connectivity index (χ0v) is 32.2. The molecule has 5 N–H and O–H groups in total. The first-order chi connectivity index (χ1) is 24.5. The summed E-state index contributed by atoms with van der Waals surface area (Å²) in [6.45, 7) is 16.6. The van der Waals surface area contributed by atoms with Gasteiger partial charge in [0.25, 0.3) is 5.91 Å². The highest BCUT2D eigenvalue weighted by Gasteiger charge is 2.69. The number of rotatable bonds is 16. The molecule has 1 aromatic rings. The largest absolute Gasteiger partial charge is 0.447 e. The number of Topliss-reactive ketones (excluding diaryl/α,β-unsaturated/α-hetero) is 1. The number of nitrogens with zero attached hydrogens (tertiary/aromatic N) is 1. The van der Waals surface area contributed by atoms with E-state index >= 15 is 0 Å². The molecule has 3 aliphatic rings. The molecule has 0 aromatic heterocycles. The van der Waals surface area contributed by atoms with Crippen LogP contribution in [0.2, 0.25) is 0 Å². The van der Waals surface area contributed by atoms with Gasteiger partial charge in [0.2, 0.25) is 17.6 Å². The van der Waals surface area contributed by atoms with Crippen LogP contribution < -0.4 is 26.6 Å². The smallest absolute Gasteiger partial charge is 0.407 e. The van der Waals surface area contributed by atoms with Gasteiger partial charge in [-0.1, -0.05) is 85.6 Å². The average molecular weight is 725 g/mol. The fourth-order valence-electron chi connectivity index (χ4n) is 7.82. The Kier molecular flexibility index (Phi) is 13.4. The van der Waals surface area contributed by atoms with Gasteiger partial charge in [0.05, 0.1) is 12.1 Å². The van der Waals surface area contributed by atoms with Crippen molar-refractivity contribution in [3.05, 3.63) is 35.4 Å². The van der Waals surface area contributed by atoms with Gasteiger partial charge in [0.15, 0.2) is 0 Å². The van der Waals surface area contributed by atoms with Crippen LogP contribution in [0.15, 0.2) is 24.3 Å². The molecule has 52 heavy (non-hydrogen) atoms. The van der Waals surface area contributed by atoms with Crippen LogP contribution in [0.3, 0.4) is 0 Å². The predicted molar refractivity (Wildman–Crippen MR) is 197 cm³/mol. The maximum atomic E-state index is 14.8. The van der Waals surface area contributed by atoms with Crippen LogP contribution in [-0.4, -0.2) is 90.9 Å². The summed E-state index contributed by atoms with van der Waals surface area (Å²) in [5.74, 6) is -2.59. The SMILES string of the molecule is CCCCC(NC(=O)[C@@H]1[C@@H]2[C@H](CN1C(=O)[C@@H](NC(=O)N[C@H](COC(=O)NCC)C(C)(C)C)C1Cc3ccccc3C1)C2(C)C)C(=O)C(=O)NCCC. The molecule has 1 heterocycles. The van der Waals surface area contributed by atoms with Gasteiger partial charge >= 0.3 is 12.1 Å². The second-order valence-electron chi connectivity index (χ2n) is 16.3. The highest BCUT2D eigenvalue weighted by molar-refractivity contribution is 6.38. The van der Waals surface area contributed by atoms with Crippen molar-refractivity contribution < 1.29 is 33.5 Å². The zero-order valence-electron chi connectivity index (χ0n) is 32.2. The summed E-state index contributed by atoms with van der Waals surface area (Å²) in [5.41, 5.74) is 1.52. The lowest BCUT2D eigenvalue weighted by Gasteiger charge is -2.36. The molecule has 6 amide bonds. The molecule has 1 saturated heterocycles. The number of unbranched alkanes of at least 4 members (excludes halogenated alkanes) is 1. The van der Waals surface area contributed by atoms with Gasteiger partial charge in [-0.3, -0.25) is 19.2 Å². The number of fused-ring (bicyclic) bond motifs is 2. The van der Waals surface area contributed by atoms with E-state index in [1.54, 1.807) is 11.8 Å². The Morgan fingerprint density at radius 3 is 2.15 bits per heavy atom. The number of hydrogen-bond acceptors (Lipinski definition) is 7. The number of carbonyl (C=O) groups is 6. The number of ether oxygens (including phenoxy) is 1. The molecule has 13 nitrogen and oxygen atoms in total. The molecule has 13 heteroatoms. The molecular formula is C39H60N6O7. The lowest BCUT2D eigenvalue weighted by atomic mass is 9.87. The molecule has 4 rings (SSSR count). The van der Waals surface area contributed by atoms with Crippen molar-refractivity contribution >= 4 is 35.6 Å². The molecule has 2 aliphatic carbocycles. The Bertz CT molecular complexity index is 1460. The van der Waals surface area contributed by atoms with Crippen LogP contribution in [0.4, 0.5) is 9.59 Å². The molecule has 0 radical (unpaired) electrons. The number of carbonyl (C=O) groups excluding carboxylic acids is 6. The quantitative estimate of drug-likeness (QED) is 0.162. The minimum absolute atomic E-state index is 0.0665. The first-order valence-corrected chi connectivity index (χ1v) is 19.0. The lowest BCUT2D eigenvalue weighted by molar-refractivity contribution is -0.144. The van der Waals surface area contributed by atoms with Gasteiger partial charge in [-0.2, -0.15) is 0 Å². The summed E-state index contributed by atoms with van der Waals surface area (Å²) in [7, 11) is 0. The van der Waals surface area contributed by atoms with Crippen LogP contribution in [0.25, 0.3) is 0 Å². The number of urea groups is 1. The van der Waals surface area contributed by atoms with E-state index in [2.05, 4.69) is 40.4 Å². The highest BCUT2D eigenvalue weighted by atomic mass is 16.5.